The average Bonchev–Trinajstić information content (AvgIpc) is 2.43. The average molecular weight is 313 g/mol. The number of rotatable bonds is 12. The standard InChI is InChI=1S/C18H40Si2/c1-5-9-13-19(14-10-6-2)17-20(18-19,15-11-7-3)16-12-8-4/h5-18H2,1-4H3. The molecule has 1 aliphatic heterocycles. The van der Waals surface area contributed by atoms with Crippen molar-refractivity contribution in [3.05, 3.63) is 0 Å². The van der Waals surface area contributed by atoms with Gasteiger partial charge >= 0.3 is 0 Å². The molecule has 0 spiro atoms. The van der Waals surface area contributed by atoms with Gasteiger partial charge in [-0.15, -0.1) is 0 Å². The minimum absolute atomic E-state index is 0.758. The van der Waals surface area contributed by atoms with Gasteiger partial charge in [-0.2, -0.15) is 0 Å². The summed E-state index contributed by atoms with van der Waals surface area (Å²) in [6.07, 6.45) is 11.9. The second kappa shape index (κ2) is 9.45. The first-order chi connectivity index (χ1) is 9.66. The third kappa shape index (κ3) is 5.33. The molecule has 0 saturated carbocycles. The van der Waals surface area contributed by atoms with E-state index in [1.54, 1.807) is 49.9 Å². The fourth-order valence-corrected chi connectivity index (χ4v) is 27.6. The molecule has 0 unspecified atom stereocenters. The molecule has 0 aromatic rings. The highest BCUT2D eigenvalue weighted by atomic mass is 28.5. The summed E-state index contributed by atoms with van der Waals surface area (Å²) in [5.74, 6) is 0. The van der Waals surface area contributed by atoms with Gasteiger partial charge < -0.3 is 0 Å². The van der Waals surface area contributed by atoms with Crippen molar-refractivity contribution in [2.24, 2.45) is 0 Å². The van der Waals surface area contributed by atoms with Crippen LogP contribution >= 0.6 is 0 Å². The molecule has 0 nitrogen and oxygen atoms in total. The maximum Gasteiger partial charge on any atom is 0.0483 e. The molecule has 0 atom stereocenters. The molecule has 1 aliphatic rings. The Hall–Kier alpha value is 0.434. The summed E-state index contributed by atoms with van der Waals surface area (Å²) in [7, 11) is -1.52. The molecule has 0 aromatic carbocycles. The van der Waals surface area contributed by atoms with E-state index in [9.17, 15) is 0 Å². The predicted molar refractivity (Wildman–Crippen MR) is 100.0 cm³/mol. The maximum absolute atomic E-state index is 2.39. The lowest BCUT2D eigenvalue weighted by Crippen LogP contribution is -2.62. The lowest BCUT2D eigenvalue weighted by molar-refractivity contribution is 0.790. The molecule has 0 amide bonds. The molecule has 0 radical (unpaired) electrons. The van der Waals surface area contributed by atoms with Crippen molar-refractivity contribution < 1.29 is 0 Å². The van der Waals surface area contributed by atoms with Crippen LogP contribution in [0.25, 0.3) is 0 Å². The van der Waals surface area contributed by atoms with E-state index >= 15 is 0 Å². The van der Waals surface area contributed by atoms with Crippen molar-refractivity contribution in [2.75, 3.05) is 0 Å². The third-order valence-electron chi connectivity index (χ3n) is 5.74. The molecule has 0 aromatic heterocycles. The smallest absolute Gasteiger partial charge is 0.0483 e. The predicted octanol–water partition coefficient (Wildman–Crippen LogP) is 7.18. The highest BCUT2D eigenvalue weighted by molar-refractivity contribution is 7.13. The lowest BCUT2D eigenvalue weighted by atomic mass is 10.4. The van der Waals surface area contributed by atoms with E-state index in [-0.39, 0.29) is 0 Å². The van der Waals surface area contributed by atoms with E-state index < -0.39 is 16.1 Å². The Bertz CT molecular complexity index is 200. The van der Waals surface area contributed by atoms with Crippen LogP contribution in [0.3, 0.4) is 0 Å². The Morgan fingerprint density at radius 3 is 0.950 bits per heavy atom. The zero-order valence-electron chi connectivity index (χ0n) is 14.9. The summed E-state index contributed by atoms with van der Waals surface area (Å²) < 4.78 is 0. The zero-order chi connectivity index (χ0) is 14.9. The van der Waals surface area contributed by atoms with Crippen molar-refractivity contribution in [1.82, 2.24) is 0 Å². The molecule has 1 saturated heterocycles. The van der Waals surface area contributed by atoms with Crippen molar-refractivity contribution in [2.45, 2.75) is 115 Å². The van der Waals surface area contributed by atoms with E-state index in [1.165, 1.54) is 25.7 Å². The molecule has 120 valence electrons. The first-order valence-corrected chi connectivity index (χ1v) is 15.3. The molecular formula is C18H40Si2. The van der Waals surface area contributed by atoms with Gasteiger partial charge in [-0.05, 0) is 0 Å². The quantitative estimate of drug-likeness (QED) is 0.335. The van der Waals surface area contributed by atoms with Gasteiger partial charge in [-0.3, -0.25) is 0 Å². The number of hydrogen-bond acceptors (Lipinski definition) is 0. The van der Waals surface area contributed by atoms with E-state index in [4.69, 9.17) is 0 Å². The fraction of sp³-hybridized carbons (Fsp3) is 1.00. The van der Waals surface area contributed by atoms with Gasteiger partial charge in [0.15, 0.2) is 0 Å². The van der Waals surface area contributed by atoms with Gasteiger partial charge in [0.05, 0.1) is 0 Å². The summed E-state index contributed by atoms with van der Waals surface area (Å²) >= 11 is 0. The SMILES string of the molecule is CCCC[Si]1(CCCC)C[Si](CCCC)(CCCC)C1. The molecule has 1 fully saturated rings. The molecule has 2 heteroatoms. The Labute approximate surface area is 131 Å². The van der Waals surface area contributed by atoms with Crippen molar-refractivity contribution in [3.8, 4) is 0 Å². The molecule has 1 heterocycles. The highest BCUT2D eigenvalue weighted by Gasteiger charge is 2.54. The second-order valence-electron chi connectivity index (χ2n) is 7.77. The van der Waals surface area contributed by atoms with Crippen LogP contribution in [0.15, 0.2) is 0 Å². The van der Waals surface area contributed by atoms with Gasteiger partial charge in [0, 0.05) is 16.1 Å². The molecule has 0 aliphatic carbocycles. The number of hydrogen-bond donors (Lipinski definition) is 0. The van der Waals surface area contributed by atoms with Gasteiger partial charge in [0.1, 0.15) is 0 Å². The van der Waals surface area contributed by atoms with Gasteiger partial charge in [-0.25, -0.2) is 0 Å². The van der Waals surface area contributed by atoms with E-state index in [1.807, 2.05) is 11.3 Å². The number of unbranched alkanes of at least 4 members (excludes halogenated alkanes) is 4. The second-order valence-corrected chi connectivity index (χ2v) is 18.6. The van der Waals surface area contributed by atoms with Crippen LogP contribution in [0.2, 0.25) is 35.5 Å². The Kier molecular flexibility index (Phi) is 8.73. The maximum atomic E-state index is 2.39. The highest BCUT2D eigenvalue weighted by Crippen LogP contribution is 2.52. The Morgan fingerprint density at radius 2 is 0.750 bits per heavy atom. The molecule has 0 bridgehead atoms. The normalized spacial score (nSPS) is 19.8. The summed E-state index contributed by atoms with van der Waals surface area (Å²) in [4.78, 5) is 0. The summed E-state index contributed by atoms with van der Waals surface area (Å²) in [5.41, 5.74) is 3.69. The van der Waals surface area contributed by atoms with Crippen LogP contribution in [-0.4, -0.2) is 16.1 Å². The van der Waals surface area contributed by atoms with Crippen LogP contribution < -0.4 is 0 Å². The first-order valence-electron chi connectivity index (χ1n) is 9.66. The third-order valence-corrected chi connectivity index (χ3v) is 23.4. The van der Waals surface area contributed by atoms with Gasteiger partial charge in [-0.1, -0.05) is 115 Å². The topological polar surface area (TPSA) is 0 Å². The first kappa shape index (κ1) is 18.5. The molecular weight excluding hydrogens is 272 g/mol. The summed E-state index contributed by atoms with van der Waals surface area (Å²) in [6.45, 7) is 9.55. The van der Waals surface area contributed by atoms with Crippen molar-refractivity contribution in [1.29, 1.82) is 0 Å². The molecule has 0 N–H and O–H groups in total. The van der Waals surface area contributed by atoms with Crippen molar-refractivity contribution >= 4 is 16.1 Å². The van der Waals surface area contributed by atoms with E-state index in [0.29, 0.717) is 0 Å². The molecule has 1 rings (SSSR count). The van der Waals surface area contributed by atoms with E-state index in [2.05, 4.69) is 27.7 Å². The van der Waals surface area contributed by atoms with Crippen LogP contribution in [-0.2, 0) is 0 Å². The monoisotopic (exact) mass is 312 g/mol. The minimum atomic E-state index is -0.758. The van der Waals surface area contributed by atoms with Crippen LogP contribution in [0.5, 0.6) is 0 Å². The fourth-order valence-electron chi connectivity index (χ4n) is 4.70. The van der Waals surface area contributed by atoms with Crippen molar-refractivity contribution in [3.63, 3.8) is 0 Å². The lowest BCUT2D eigenvalue weighted by Gasteiger charge is -2.55. The van der Waals surface area contributed by atoms with Crippen LogP contribution in [0, 0.1) is 0 Å². The largest absolute Gasteiger partial charge is 0.0654 e. The minimum Gasteiger partial charge on any atom is -0.0654 e. The van der Waals surface area contributed by atoms with Gasteiger partial charge in [0.25, 0.3) is 0 Å². The van der Waals surface area contributed by atoms with Gasteiger partial charge in [0.2, 0.25) is 0 Å². The summed E-state index contributed by atoms with van der Waals surface area (Å²) in [6, 6.07) is 6.76. The summed E-state index contributed by atoms with van der Waals surface area (Å²) in [5, 5.41) is 0. The van der Waals surface area contributed by atoms with E-state index in [0.717, 1.165) is 0 Å². The molecule has 20 heavy (non-hydrogen) atoms. The Balaban J connectivity index is 2.57. The van der Waals surface area contributed by atoms with Crippen LogP contribution in [0.4, 0.5) is 0 Å². The zero-order valence-corrected chi connectivity index (χ0v) is 16.9. The Morgan fingerprint density at radius 1 is 0.500 bits per heavy atom. The van der Waals surface area contributed by atoms with Crippen LogP contribution in [0.1, 0.15) is 79.1 Å².